The number of aromatic amines is 1. The Morgan fingerprint density at radius 2 is 2.08 bits per heavy atom. The SMILES string of the molecule is O=C(CCSc1nnc2c(n1)[nH]c1ccccc12)Nc1cccnc1. The number of thioether (sulfide) groups is 1. The number of nitrogens with zero attached hydrogens (tertiary/aromatic N) is 4. The molecule has 7 nitrogen and oxygen atoms in total. The Morgan fingerprint density at radius 3 is 2.96 bits per heavy atom. The van der Waals surface area contributed by atoms with Crippen LogP contribution in [0.25, 0.3) is 22.1 Å². The van der Waals surface area contributed by atoms with Gasteiger partial charge in [0.05, 0.1) is 11.9 Å². The van der Waals surface area contributed by atoms with Crippen LogP contribution in [0, 0.1) is 0 Å². The van der Waals surface area contributed by atoms with Gasteiger partial charge in [-0.05, 0) is 18.2 Å². The van der Waals surface area contributed by atoms with Gasteiger partial charge in [-0.1, -0.05) is 30.0 Å². The fourth-order valence-corrected chi connectivity index (χ4v) is 3.19. The fraction of sp³-hybridized carbons (Fsp3) is 0.118. The Labute approximate surface area is 147 Å². The zero-order chi connectivity index (χ0) is 17.1. The van der Waals surface area contributed by atoms with Gasteiger partial charge in [0.1, 0.15) is 5.52 Å². The van der Waals surface area contributed by atoms with Crippen LogP contribution in [-0.2, 0) is 4.79 Å². The van der Waals surface area contributed by atoms with Crippen LogP contribution in [-0.4, -0.2) is 36.8 Å². The summed E-state index contributed by atoms with van der Waals surface area (Å²) in [6.45, 7) is 0. The van der Waals surface area contributed by atoms with E-state index in [1.54, 1.807) is 24.5 Å². The van der Waals surface area contributed by atoms with Gasteiger partial charge in [-0.25, -0.2) is 4.98 Å². The number of amides is 1. The van der Waals surface area contributed by atoms with Crippen LogP contribution >= 0.6 is 11.8 Å². The van der Waals surface area contributed by atoms with Gasteiger partial charge < -0.3 is 10.3 Å². The third-order valence-corrected chi connectivity index (χ3v) is 4.45. The first-order valence-electron chi connectivity index (χ1n) is 7.73. The molecular formula is C17H14N6OS. The van der Waals surface area contributed by atoms with Crippen LogP contribution in [0.5, 0.6) is 0 Å². The van der Waals surface area contributed by atoms with E-state index in [2.05, 4.69) is 30.5 Å². The maximum atomic E-state index is 11.9. The molecule has 1 aromatic carbocycles. The van der Waals surface area contributed by atoms with Crippen molar-refractivity contribution >= 4 is 45.4 Å². The average Bonchev–Trinajstić information content (AvgIpc) is 3.00. The van der Waals surface area contributed by atoms with E-state index in [1.165, 1.54) is 11.8 Å². The molecule has 0 bridgehead atoms. The van der Waals surface area contributed by atoms with Crippen molar-refractivity contribution in [3.63, 3.8) is 0 Å². The van der Waals surface area contributed by atoms with Gasteiger partial charge >= 0.3 is 0 Å². The summed E-state index contributed by atoms with van der Waals surface area (Å²) in [5.74, 6) is 0.500. The summed E-state index contributed by atoms with van der Waals surface area (Å²) >= 11 is 1.40. The van der Waals surface area contributed by atoms with E-state index < -0.39 is 0 Å². The highest BCUT2D eigenvalue weighted by Gasteiger charge is 2.10. The van der Waals surface area contributed by atoms with Crippen LogP contribution < -0.4 is 5.32 Å². The first-order chi connectivity index (χ1) is 12.3. The number of pyridine rings is 1. The Morgan fingerprint density at radius 1 is 1.16 bits per heavy atom. The summed E-state index contributed by atoms with van der Waals surface area (Å²) in [6, 6.07) is 11.5. The molecule has 0 saturated carbocycles. The number of carbonyl (C=O) groups excluding carboxylic acids is 1. The molecule has 2 N–H and O–H groups in total. The topological polar surface area (TPSA) is 96.5 Å². The van der Waals surface area contributed by atoms with Gasteiger partial charge in [0, 0.05) is 29.3 Å². The largest absolute Gasteiger partial charge is 0.338 e. The van der Waals surface area contributed by atoms with E-state index in [-0.39, 0.29) is 5.91 Å². The monoisotopic (exact) mass is 350 g/mol. The molecule has 3 heterocycles. The van der Waals surface area contributed by atoms with E-state index in [0.717, 1.165) is 16.4 Å². The van der Waals surface area contributed by atoms with Crippen molar-refractivity contribution in [1.29, 1.82) is 0 Å². The summed E-state index contributed by atoms with van der Waals surface area (Å²) in [5.41, 5.74) is 3.14. The Balaban J connectivity index is 1.39. The number of nitrogens with one attached hydrogen (secondary N) is 2. The molecule has 0 aliphatic rings. The lowest BCUT2D eigenvalue weighted by molar-refractivity contribution is -0.115. The van der Waals surface area contributed by atoms with Gasteiger partial charge in [-0.15, -0.1) is 10.2 Å². The summed E-state index contributed by atoms with van der Waals surface area (Å²) in [7, 11) is 0. The molecule has 4 rings (SSSR count). The lowest BCUT2D eigenvalue weighted by atomic mass is 10.2. The highest BCUT2D eigenvalue weighted by atomic mass is 32.2. The fourth-order valence-electron chi connectivity index (χ4n) is 2.46. The second-order valence-corrected chi connectivity index (χ2v) is 6.41. The molecule has 25 heavy (non-hydrogen) atoms. The van der Waals surface area contributed by atoms with E-state index in [9.17, 15) is 4.79 Å². The molecule has 0 radical (unpaired) electrons. The average molecular weight is 350 g/mol. The molecular weight excluding hydrogens is 336 g/mol. The van der Waals surface area contributed by atoms with Crippen LogP contribution in [0.15, 0.2) is 53.9 Å². The maximum absolute atomic E-state index is 11.9. The van der Waals surface area contributed by atoms with Crippen molar-refractivity contribution in [1.82, 2.24) is 25.1 Å². The molecule has 0 fully saturated rings. The summed E-state index contributed by atoms with van der Waals surface area (Å²) in [5, 5.41) is 12.8. The normalized spacial score (nSPS) is 11.0. The lowest BCUT2D eigenvalue weighted by Crippen LogP contribution is -2.12. The van der Waals surface area contributed by atoms with Gasteiger partial charge in [0.2, 0.25) is 11.1 Å². The predicted octanol–water partition coefficient (Wildman–Crippen LogP) is 3.02. The number of fused-ring (bicyclic) bond motifs is 3. The number of hydrogen-bond acceptors (Lipinski definition) is 6. The molecule has 124 valence electrons. The lowest BCUT2D eigenvalue weighted by Gasteiger charge is -2.03. The molecule has 3 aromatic heterocycles. The minimum atomic E-state index is -0.0693. The molecule has 4 aromatic rings. The molecule has 0 spiro atoms. The number of benzene rings is 1. The van der Waals surface area contributed by atoms with Gasteiger partial charge in [-0.2, -0.15) is 0 Å². The van der Waals surface area contributed by atoms with E-state index in [1.807, 2.05) is 24.3 Å². The molecule has 0 saturated heterocycles. The Kier molecular flexibility index (Phi) is 4.26. The van der Waals surface area contributed by atoms with Crippen LogP contribution in [0.2, 0.25) is 0 Å². The first kappa shape index (κ1) is 15.5. The van der Waals surface area contributed by atoms with Crippen molar-refractivity contribution < 1.29 is 4.79 Å². The van der Waals surface area contributed by atoms with Crippen molar-refractivity contribution in [3.05, 3.63) is 48.8 Å². The Hall–Kier alpha value is -3.00. The van der Waals surface area contributed by atoms with Crippen molar-refractivity contribution in [3.8, 4) is 0 Å². The zero-order valence-electron chi connectivity index (χ0n) is 13.1. The van der Waals surface area contributed by atoms with Gasteiger partial charge in [-0.3, -0.25) is 9.78 Å². The summed E-state index contributed by atoms with van der Waals surface area (Å²) in [6.07, 6.45) is 3.63. The van der Waals surface area contributed by atoms with E-state index in [4.69, 9.17) is 0 Å². The molecule has 0 aliphatic carbocycles. The second kappa shape index (κ2) is 6.86. The smallest absolute Gasteiger partial charge is 0.225 e. The van der Waals surface area contributed by atoms with Crippen LogP contribution in [0.1, 0.15) is 6.42 Å². The molecule has 8 heteroatoms. The summed E-state index contributed by atoms with van der Waals surface area (Å²) < 4.78 is 0. The van der Waals surface area contributed by atoms with Crippen LogP contribution in [0.3, 0.4) is 0 Å². The first-order valence-corrected chi connectivity index (χ1v) is 8.72. The second-order valence-electron chi connectivity index (χ2n) is 5.35. The third kappa shape index (κ3) is 3.43. The van der Waals surface area contributed by atoms with E-state index in [0.29, 0.717) is 28.7 Å². The van der Waals surface area contributed by atoms with Gasteiger partial charge in [0.15, 0.2) is 5.65 Å². The van der Waals surface area contributed by atoms with E-state index >= 15 is 0 Å². The summed E-state index contributed by atoms with van der Waals surface area (Å²) in [4.78, 5) is 23.6. The number of rotatable bonds is 5. The van der Waals surface area contributed by atoms with Crippen molar-refractivity contribution in [2.24, 2.45) is 0 Å². The number of anilines is 1. The van der Waals surface area contributed by atoms with Gasteiger partial charge in [0.25, 0.3) is 0 Å². The molecule has 0 unspecified atom stereocenters. The van der Waals surface area contributed by atoms with Crippen molar-refractivity contribution in [2.45, 2.75) is 11.6 Å². The highest BCUT2D eigenvalue weighted by molar-refractivity contribution is 7.99. The quantitative estimate of drug-likeness (QED) is 0.537. The highest BCUT2D eigenvalue weighted by Crippen LogP contribution is 2.23. The maximum Gasteiger partial charge on any atom is 0.225 e. The number of carbonyl (C=O) groups is 1. The van der Waals surface area contributed by atoms with Crippen LogP contribution in [0.4, 0.5) is 5.69 Å². The number of hydrogen-bond donors (Lipinski definition) is 2. The minimum Gasteiger partial charge on any atom is -0.338 e. The zero-order valence-corrected chi connectivity index (χ0v) is 14.0. The Bertz CT molecular complexity index is 1030. The number of aromatic nitrogens is 5. The molecule has 0 atom stereocenters. The molecule has 1 amide bonds. The number of H-pyrrole nitrogens is 1. The number of para-hydroxylation sites is 1. The molecule has 0 aliphatic heterocycles. The third-order valence-electron chi connectivity index (χ3n) is 3.61. The standard InChI is InChI=1S/C17H14N6OS/c24-14(19-11-4-3-8-18-10-11)7-9-25-17-21-16-15(22-23-17)12-5-1-2-6-13(12)20-16/h1-6,8,10H,7,9H2,(H,19,24)(H,20,21,23). The predicted molar refractivity (Wildman–Crippen MR) is 97.4 cm³/mol. The van der Waals surface area contributed by atoms with Crippen molar-refractivity contribution in [2.75, 3.05) is 11.1 Å². The minimum absolute atomic E-state index is 0.0693.